The van der Waals surface area contributed by atoms with Crippen molar-refractivity contribution in [3.8, 4) is 11.9 Å². The number of hydrogen-bond donors (Lipinski definition) is 2. The van der Waals surface area contributed by atoms with Gasteiger partial charge in [0.1, 0.15) is 11.6 Å². The molecule has 0 bridgehead atoms. The smallest absolute Gasteiger partial charge is 0.269 e. The van der Waals surface area contributed by atoms with Gasteiger partial charge < -0.3 is 15.5 Å². The van der Waals surface area contributed by atoms with Gasteiger partial charge in [-0.25, -0.2) is 4.98 Å². The third kappa shape index (κ3) is 2.28. The van der Waals surface area contributed by atoms with Crippen LogP contribution < -0.4 is 16.0 Å². The second-order valence-corrected chi connectivity index (χ2v) is 4.73. The van der Waals surface area contributed by atoms with Crippen LogP contribution in [0, 0.1) is 21.4 Å². The number of allylic oxidation sites excluding steroid dienone is 1. The highest BCUT2D eigenvalue weighted by Gasteiger charge is 2.34. The van der Waals surface area contributed by atoms with Crippen molar-refractivity contribution >= 4 is 5.69 Å². The Morgan fingerprint density at radius 1 is 1.48 bits per heavy atom. The highest BCUT2D eigenvalue weighted by molar-refractivity contribution is 5.54. The highest BCUT2D eigenvalue weighted by Crippen LogP contribution is 2.39. The van der Waals surface area contributed by atoms with E-state index >= 15 is 0 Å². The fourth-order valence-corrected chi connectivity index (χ4v) is 2.45. The minimum atomic E-state index is -0.888. The van der Waals surface area contributed by atoms with Crippen LogP contribution in [0.5, 0.6) is 5.88 Å². The number of nitro benzene ring substituents is 1. The molecule has 1 aromatic carbocycles. The lowest BCUT2D eigenvalue weighted by Crippen LogP contribution is -2.28. The molecule has 0 saturated carbocycles. The molecule has 0 unspecified atom stereocenters. The maximum atomic E-state index is 12.2. The SMILES string of the molecule is N#CC1=C(N)Oc2nc[nH]c(=O)c2[C@@H]1c1cccc([N+](=O)[O-])c1. The van der Waals surface area contributed by atoms with Crippen LogP contribution in [0.15, 0.2) is 46.8 Å². The lowest BCUT2D eigenvalue weighted by atomic mass is 9.85. The van der Waals surface area contributed by atoms with Crippen molar-refractivity contribution < 1.29 is 9.66 Å². The van der Waals surface area contributed by atoms with Crippen LogP contribution in [0.1, 0.15) is 17.0 Å². The molecule has 1 aliphatic rings. The number of benzene rings is 1. The van der Waals surface area contributed by atoms with Gasteiger partial charge in [0.15, 0.2) is 0 Å². The summed E-state index contributed by atoms with van der Waals surface area (Å²) < 4.78 is 5.22. The molecule has 114 valence electrons. The number of H-pyrrole nitrogens is 1. The molecule has 0 fully saturated rings. The van der Waals surface area contributed by atoms with Gasteiger partial charge >= 0.3 is 0 Å². The lowest BCUT2D eigenvalue weighted by Gasteiger charge is -2.24. The Balaban J connectivity index is 2.29. The van der Waals surface area contributed by atoms with E-state index in [4.69, 9.17) is 10.5 Å². The Kier molecular flexibility index (Phi) is 3.27. The number of nitriles is 1. The number of rotatable bonds is 2. The molecule has 0 spiro atoms. The Morgan fingerprint density at radius 2 is 2.26 bits per heavy atom. The van der Waals surface area contributed by atoms with E-state index in [2.05, 4.69) is 9.97 Å². The Hall–Kier alpha value is -3.67. The van der Waals surface area contributed by atoms with E-state index in [0.29, 0.717) is 5.56 Å². The molecular formula is C14H9N5O4. The number of nitro groups is 1. The first kappa shape index (κ1) is 14.3. The maximum absolute atomic E-state index is 12.2. The Labute approximate surface area is 128 Å². The minimum absolute atomic E-state index is 0.00324. The van der Waals surface area contributed by atoms with Gasteiger partial charge in [0, 0.05) is 12.1 Å². The number of aromatic amines is 1. The second kappa shape index (κ2) is 5.27. The fraction of sp³-hybridized carbons (Fsp3) is 0.0714. The summed E-state index contributed by atoms with van der Waals surface area (Å²) in [6.07, 6.45) is 1.15. The summed E-state index contributed by atoms with van der Waals surface area (Å²) in [4.78, 5) is 28.9. The number of fused-ring (bicyclic) bond motifs is 1. The van der Waals surface area contributed by atoms with E-state index in [0.717, 1.165) is 6.33 Å². The third-order valence-electron chi connectivity index (χ3n) is 3.44. The van der Waals surface area contributed by atoms with Gasteiger partial charge in [-0.3, -0.25) is 14.9 Å². The molecule has 0 aliphatic carbocycles. The summed E-state index contributed by atoms with van der Waals surface area (Å²) in [6, 6.07) is 7.55. The van der Waals surface area contributed by atoms with Crippen molar-refractivity contribution in [3.63, 3.8) is 0 Å². The Morgan fingerprint density at radius 3 is 2.96 bits per heavy atom. The predicted octanol–water partition coefficient (Wildman–Crippen LogP) is 0.896. The van der Waals surface area contributed by atoms with Crippen molar-refractivity contribution in [1.82, 2.24) is 9.97 Å². The standard InChI is InChI=1S/C14H9N5O4/c15-5-9-10(7-2-1-3-8(4-7)19(21)22)11-13(20)17-6-18-14(11)23-12(9)16/h1-4,6,10H,16H2,(H,17,18,20)/t10-/m1/s1. The number of aromatic nitrogens is 2. The van der Waals surface area contributed by atoms with E-state index in [1.807, 2.05) is 6.07 Å². The molecule has 2 heterocycles. The topological polar surface area (TPSA) is 148 Å². The molecule has 9 heteroatoms. The average molecular weight is 311 g/mol. The zero-order valence-electron chi connectivity index (χ0n) is 11.5. The van der Waals surface area contributed by atoms with E-state index < -0.39 is 16.4 Å². The first-order valence-electron chi connectivity index (χ1n) is 6.42. The number of non-ortho nitro benzene ring substituents is 1. The van der Waals surface area contributed by atoms with E-state index in [1.54, 1.807) is 6.07 Å². The normalized spacial score (nSPS) is 16.2. The van der Waals surface area contributed by atoms with Crippen molar-refractivity contribution in [1.29, 1.82) is 5.26 Å². The molecule has 1 aliphatic heterocycles. The molecule has 0 saturated heterocycles. The summed E-state index contributed by atoms with van der Waals surface area (Å²) in [6.45, 7) is 0. The quantitative estimate of drug-likeness (QED) is 0.618. The van der Waals surface area contributed by atoms with Gasteiger partial charge in [-0.15, -0.1) is 0 Å². The van der Waals surface area contributed by atoms with E-state index in [1.165, 1.54) is 18.2 Å². The molecule has 0 radical (unpaired) electrons. The number of ether oxygens (including phenoxy) is 1. The van der Waals surface area contributed by atoms with Crippen LogP contribution in [0.4, 0.5) is 5.69 Å². The summed E-state index contributed by atoms with van der Waals surface area (Å²) in [7, 11) is 0. The van der Waals surface area contributed by atoms with Gasteiger partial charge in [-0.2, -0.15) is 5.26 Å². The molecule has 2 aromatic rings. The monoisotopic (exact) mass is 311 g/mol. The van der Waals surface area contributed by atoms with Crippen LogP contribution >= 0.6 is 0 Å². The van der Waals surface area contributed by atoms with Gasteiger partial charge in [-0.05, 0) is 5.56 Å². The van der Waals surface area contributed by atoms with Gasteiger partial charge in [0.05, 0.1) is 22.7 Å². The highest BCUT2D eigenvalue weighted by atomic mass is 16.6. The molecule has 9 nitrogen and oxygen atoms in total. The number of nitrogens with one attached hydrogen (secondary N) is 1. The second-order valence-electron chi connectivity index (χ2n) is 4.73. The van der Waals surface area contributed by atoms with Gasteiger partial charge in [-0.1, -0.05) is 12.1 Å². The molecule has 0 amide bonds. The van der Waals surface area contributed by atoms with E-state index in [-0.39, 0.29) is 28.6 Å². The van der Waals surface area contributed by atoms with Crippen molar-refractivity contribution in [2.24, 2.45) is 5.73 Å². The summed E-state index contributed by atoms with van der Waals surface area (Å²) in [5, 5.41) is 20.3. The third-order valence-corrected chi connectivity index (χ3v) is 3.44. The van der Waals surface area contributed by atoms with Crippen molar-refractivity contribution in [2.45, 2.75) is 5.92 Å². The number of nitrogens with zero attached hydrogens (tertiary/aromatic N) is 3. The van der Waals surface area contributed by atoms with Gasteiger partial charge in [0.25, 0.3) is 11.2 Å². The van der Waals surface area contributed by atoms with Crippen molar-refractivity contribution in [2.75, 3.05) is 0 Å². The first-order chi connectivity index (χ1) is 11.0. The van der Waals surface area contributed by atoms with Crippen molar-refractivity contribution in [3.05, 3.63) is 73.6 Å². The molecule has 3 rings (SSSR count). The zero-order valence-corrected chi connectivity index (χ0v) is 11.5. The zero-order chi connectivity index (χ0) is 16.6. The minimum Gasteiger partial charge on any atom is -0.422 e. The predicted molar refractivity (Wildman–Crippen MR) is 77.3 cm³/mol. The maximum Gasteiger partial charge on any atom is 0.269 e. The number of nitrogens with two attached hydrogens (primary N) is 1. The van der Waals surface area contributed by atoms with Crippen LogP contribution in [0.3, 0.4) is 0 Å². The lowest BCUT2D eigenvalue weighted by molar-refractivity contribution is -0.384. The average Bonchev–Trinajstić information content (AvgIpc) is 2.54. The molecule has 1 aromatic heterocycles. The largest absolute Gasteiger partial charge is 0.422 e. The van der Waals surface area contributed by atoms with Gasteiger partial charge in [0.2, 0.25) is 11.8 Å². The summed E-state index contributed by atoms with van der Waals surface area (Å²) >= 11 is 0. The van der Waals surface area contributed by atoms with Crippen LogP contribution in [-0.4, -0.2) is 14.9 Å². The molecular weight excluding hydrogens is 302 g/mol. The summed E-state index contributed by atoms with van der Waals surface area (Å²) in [5.41, 5.74) is 5.52. The van der Waals surface area contributed by atoms with Crippen LogP contribution in [0.25, 0.3) is 0 Å². The molecule has 1 atom stereocenters. The summed E-state index contributed by atoms with van der Waals surface area (Å²) in [5.74, 6) is -1.10. The molecule has 23 heavy (non-hydrogen) atoms. The number of hydrogen-bond acceptors (Lipinski definition) is 7. The van der Waals surface area contributed by atoms with Crippen LogP contribution in [0.2, 0.25) is 0 Å². The fourth-order valence-electron chi connectivity index (χ4n) is 2.45. The first-order valence-corrected chi connectivity index (χ1v) is 6.42. The van der Waals surface area contributed by atoms with E-state index in [9.17, 15) is 20.2 Å². The molecule has 3 N–H and O–H groups in total. The van der Waals surface area contributed by atoms with Crippen LogP contribution in [-0.2, 0) is 0 Å². The Bertz CT molecular complexity index is 941.